The molecule has 142 valence electrons. The first-order chi connectivity index (χ1) is 13.4. The Balaban J connectivity index is 1.71. The van der Waals surface area contributed by atoms with Crippen LogP contribution in [0.5, 0.6) is 5.75 Å². The molecule has 0 aliphatic heterocycles. The minimum absolute atomic E-state index is 0.150. The van der Waals surface area contributed by atoms with E-state index in [1.165, 1.54) is 5.56 Å². The van der Waals surface area contributed by atoms with E-state index in [4.69, 9.17) is 4.74 Å². The summed E-state index contributed by atoms with van der Waals surface area (Å²) in [5, 5.41) is 0. The summed E-state index contributed by atoms with van der Waals surface area (Å²) in [5.74, 6) is 6.40. The summed E-state index contributed by atoms with van der Waals surface area (Å²) in [5.41, 5.74) is 3.45. The Labute approximate surface area is 166 Å². The highest BCUT2D eigenvalue weighted by atomic mass is 32.2. The van der Waals surface area contributed by atoms with Gasteiger partial charge in [-0.05, 0) is 50.2 Å². The van der Waals surface area contributed by atoms with Gasteiger partial charge in [-0.2, -0.15) is 0 Å². The van der Waals surface area contributed by atoms with Crippen LogP contribution in [-0.2, 0) is 10.0 Å². The highest BCUT2D eigenvalue weighted by Crippen LogP contribution is 2.26. The molecule has 4 nitrogen and oxygen atoms in total. The smallest absolute Gasteiger partial charge is 0.262 e. The van der Waals surface area contributed by atoms with Crippen molar-refractivity contribution < 1.29 is 13.2 Å². The highest BCUT2D eigenvalue weighted by molar-refractivity contribution is 7.92. The normalized spacial score (nSPS) is 10.6. The number of rotatable bonds is 5. The third-order valence-corrected chi connectivity index (χ3v) is 5.43. The Morgan fingerprint density at radius 3 is 2.14 bits per heavy atom. The first-order valence-corrected chi connectivity index (χ1v) is 10.3. The van der Waals surface area contributed by atoms with Gasteiger partial charge in [0.1, 0.15) is 12.4 Å². The number of hydrogen-bond acceptors (Lipinski definition) is 3. The minimum Gasteiger partial charge on any atom is -0.479 e. The van der Waals surface area contributed by atoms with Crippen molar-refractivity contribution in [3.8, 4) is 17.6 Å². The lowest BCUT2D eigenvalue weighted by atomic mass is 10.2. The van der Waals surface area contributed by atoms with Crippen LogP contribution in [0.1, 0.15) is 16.7 Å². The van der Waals surface area contributed by atoms with Crippen molar-refractivity contribution in [2.75, 3.05) is 11.3 Å². The number of anilines is 1. The number of ether oxygens (including phenoxy) is 1. The van der Waals surface area contributed by atoms with Crippen molar-refractivity contribution in [1.82, 2.24) is 0 Å². The molecule has 3 aromatic rings. The first-order valence-electron chi connectivity index (χ1n) is 8.81. The Kier molecular flexibility index (Phi) is 6.03. The van der Waals surface area contributed by atoms with E-state index >= 15 is 0 Å². The standard InChI is InChI=1S/C23H21NO3S/c1-18-9-13-20(14-10-18)6-5-17-27-23-8-4-3-7-22(23)24-28(25,26)21-15-11-19(2)12-16-21/h3-4,7-16,24H,17H2,1-2H3. The molecule has 0 radical (unpaired) electrons. The fraction of sp³-hybridized carbons (Fsp3) is 0.130. The summed E-state index contributed by atoms with van der Waals surface area (Å²) < 4.78 is 33.5. The van der Waals surface area contributed by atoms with Crippen molar-refractivity contribution in [1.29, 1.82) is 0 Å². The lowest BCUT2D eigenvalue weighted by Gasteiger charge is -2.12. The van der Waals surface area contributed by atoms with E-state index in [9.17, 15) is 8.42 Å². The van der Waals surface area contributed by atoms with E-state index in [2.05, 4.69) is 16.6 Å². The highest BCUT2D eigenvalue weighted by Gasteiger charge is 2.16. The zero-order valence-corrected chi connectivity index (χ0v) is 16.6. The summed E-state index contributed by atoms with van der Waals surface area (Å²) in [7, 11) is -3.70. The average molecular weight is 391 g/mol. The van der Waals surface area contributed by atoms with Gasteiger partial charge in [0.2, 0.25) is 0 Å². The van der Waals surface area contributed by atoms with Crippen LogP contribution in [0.25, 0.3) is 0 Å². The van der Waals surface area contributed by atoms with Crippen LogP contribution in [0.15, 0.2) is 77.7 Å². The van der Waals surface area contributed by atoms with E-state index in [0.717, 1.165) is 11.1 Å². The van der Waals surface area contributed by atoms with Gasteiger partial charge in [0.15, 0.2) is 0 Å². The fourth-order valence-corrected chi connectivity index (χ4v) is 3.56. The molecule has 1 N–H and O–H groups in total. The van der Waals surface area contributed by atoms with Crippen molar-refractivity contribution >= 4 is 15.7 Å². The largest absolute Gasteiger partial charge is 0.479 e. The van der Waals surface area contributed by atoms with Gasteiger partial charge in [0.05, 0.1) is 10.6 Å². The van der Waals surface area contributed by atoms with Gasteiger partial charge in [-0.1, -0.05) is 59.4 Å². The Bertz CT molecular complexity index is 1110. The number of sulfonamides is 1. The van der Waals surface area contributed by atoms with Crippen LogP contribution >= 0.6 is 0 Å². The van der Waals surface area contributed by atoms with E-state index < -0.39 is 10.0 Å². The molecule has 0 fully saturated rings. The Morgan fingerprint density at radius 1 is 0.857 bits per heavy atom. The molecule has 0 aliphatic carbocycles. The quantitative estimate of drug-likeness (QED) is 0.650. The summed E-state index contributed by atoms with van der Waals surface area (Å²) in [4.78, 5) is 0.201. The van der Waals surface area contributed by atoms with E-state index in [-0.39, 0.29) is 11.5 Å². The van der Waals surface area contributed by atoms with Crippen LogP contribution in [0.3, 0.4) is 0 Å². The Hall–Kier alpha value is -3.23. The van der Waals surface area contributed by atoms with Gasteiger partial charge in [0.25, 0.3) is 10.0 Å². The van der Waals surface area contributed by atoms with Crippen molar-refractivity contribution in [3.63, 3.8) is 0 Å². The fourth-order valence-electron chi connectivity index (χ4n) is 2.49. The molecular weight excluding hydrogens is 370 g/mol. The van der Waals surface area contributed by atoms with Gasteiger partial charge in [-0.3, -0.25) is 4.72 Å². The lowest BCUT2D eigenvalue weighted by Crippen LogP contribution is -2.14. The maximum Gasteiger partial charge on any atom is 0.262 e. The third kappa shape index (κ3) is 5.15. The molecule has 0 spiro atoms. The monoisotopic (exact) mass is 391 g/mol. The molecule has 0 amide bonds. The topological polar surface area (TPSA) is 55.4 Å². The molecule has 0 aromatic heterocycles. The number of para-hydroxylation sites is 2. The second kappa shape index (κ2) is 8.64. The summed E-state index contributed by atoms with van der Waals surface area (Å²) in [6.45, 7) is 4.08. The van der Waals surface area contributed by atoms with E-state index in [1.54, 1.807) is 48.5 Å². The van der Waals surface area contributed by atoms with Crippen LogP contribution in [0.2, 0.25) is 0 Å². The molecule has 3 rings (SSSR count). The molecule has 0 saturated heterocycles. The molecule has 0 saturated carbocycles. The predicted octanol–water partition coefficient (Wildman–Crippen LogP) is 4.53. The number of benzene rings is 3. The van der Waals surface area contributed by atoms with Gasteiger partial charge in [-0.25, -0.2) is 8.42 Å². The van der Waals surface area contributed by atoms with Crippen LogP contribution in [0.4, 0.5) is 5.69 Å². The first kappa shape index (κ1) is 19.5. The zero-order valence-electron chi connectivity index (χ0n) is 15.8. The molecule has 0 aliphatic rings. The summed E-state index contributed by atoms with van der Waals surface area (Å²) in [6.07, 6.45) is 0. The molecule has 3 aromatic carbocycles. The second-order valence-corrected chi connectivity index (χ2v) is 8.05. The molecule has 0 unspecified atom stereocenters. The molecule has 0 atom stereocenters. The zero-order chi connectivity index (χ0) is 20.0. The van der Waals surface area contributed by atoms with E-state index in [1.807, 2.05) is 38.1 Å². The van der Waals surface area contributed by atoms with Crippen molar-refractivity contribution in [3.05, 3.63) is 89.5 Å². The number of hydrogen-bond donors (Lipinski definition) is 1. The maximum absolute atomic E-state index is 12.6. The van der Waals surface area contributed by atoms with Gasteiger partial charge in [0, 0.05) is 5.56 Å². The maximum atomic E-state index is 12.6. The van der Waals surface area contributed by atoms with Gasteiger partial charge >= 0.3 is 0 Å². The summed E-state index contributed by atoms with van der Waals surface area (Å²) in [6, 6.07) is 21.5. The summed E-state index contributed by atoms with van der Waals surface area (Å²) >= 11 is 0. The van der Waals surface area contributed by atoms with Gasteiger partial charge in [-0.15, -0.1) is 0 Å². The minimum atomic E-state index is -3.70. The van der Waals surface area contributed by atoms with Crippen molar-refractivity contribution in [2.45, 2.75) is 18.7 Å². The van der Waals surface area contributed by atoms with Gasteiger partial charge < -0.3 is 4.74 Å². The van der Waals surface area contributed by atoms with Crippen LogP contribution < -0.4 is 9.46 Å². The third-order valence-electron chi connectivity index (χ3n) is 4.05. The average Bonchev–Trinajstić information content (AvgIpc) is 2.68. The molecule has 28 heavy (non-hydrogen) atoms. The predicted molar refractivity (Wildman–Crippen MR) is 112 cm³/mol. The molecule has 5 heteroatoms. The van der Waals surface area contributed by atoms with E-state index in [0.29, 0.717) is 11.4 Å². The van der Waals surface area contributed by atoms with Crippen LogP contribution in [-0.4, -0.2) is 15.0 Å². The Morgan fingerprint density at radius 2 is 1.46 bits per heavy atom. The SMILES string of the molecule is Cc1ccc(C#CCOc2ccccc2NS(=O)(=O)c2ccc(C)cc2)cc1. The number of nitrogens with one attached hydrogen (secondary N) is 1. The molecular formula is C23H21NO3S. The number of aryl methyl sites for hydroxylation is 2. The second-order valence-electron chi connectivity index (χ2n) is 6.37. The molecule has 0 bridgehead atoms. The molecule has 0 heterocycles. The lowest BCUT2D eigenvalue weighted by molar-refractivity contribution is 0.372. The van der Waals surface area contributed by atoms with Crippen molar-refractivity contribution in [2.24, 2.45) is 0 Å². The van der Waals surface area contributed by atoms with Crippen LogP contribution in [0, 0.1) is 25.7 Å².